The summed E-state index contributed by atoms with van der Waals surface area (Å²) < 4.78 is 7.14. The van der Waals surface area contributed by atoms with Crippen LogP contribution < -0.4 is 4.74 Å². The zero-order valence-corrected chi connectivity index (χ0v) is 11.8. The van der Waals surface area contributed by atoms with Crippen LogP contribution in [0.4, 0.5) is 0 Å². The van der Waals surface area contributed by atoms with Gasteiger partial charge in [-0.1, -0.05) is 15.9 Å². The highest BCUT2D eigenvalue weighted by molar-refractivity contribution is 9.10. The number of methoxy groups -OCH3 is 1. The van der Waals surface area contributed by atoms with Crippen molar-refractivity contribution in [1.82, 2.24) is 20.2 Å². The lowest BCUT2D eigenvalue weighted by molar-refractivity contribution is -0.140. The summed E-state index contributed by atoms with van der Waals surface area (Å²) in [6, 6.07) is 4.45. The van der Waals surface area contributed by atoms with Gasteiger partial charge in [0, 0.05) is 10.0 Å². The molecule has 1 aromatic carbocycles. The van der Waals surface area contributed by atoms with E-state index in [2.05, 4.69) is 31.5 Å². The van der Waals surface area contributed by atoms with E-state index < -0.39 is 12.0 Å². The van der Waals surface area contributed by atoms with Crippen molar-refractivity contribution in [2.24, 2.45) is 0 Å². The van der Waals surface area contributed by atoms with Crippen molar-refractivity contribution in [1.29, 1.82) is 0 Å². The highest BCUT2D eigenvalue weighted by atomic mass is 79.9. The Morgan fingerprint density at radius 3 is 2.89 bits per heavy atom. The molecule has 0 bridgehead atoms. The van der Waals surface area contributed by atoms with Crippen molar-refractivity contribution in [3.05, 3.63) is 22.7 Å². The minimum atomic E-state index is -1.01. The molecule has 0 radical (unpaired) electrons. The molecule has 7 nitrogen and oxygen atoms in total. The Balaban J connectivity index is 2.54. The van der Waals surface area contributed by atoms with Crippen LogP contribution in [0.5, 0.6) is 5.75 Å². The van der Waals surface area contributed by atoms with Gasteiger partial charge in [-0.25, -0.2) is 9.48 Å². The molecule has 0 aliphatic carbocycles. The van der Waals surface area contributed by atoms with E-state index >= 15 is 0 Å². The number of carboxylic acid groups (broad SMARTS) is 1. The fourth-order valence-corrected chi connectivity index (χ4v) is 1.96. The van der Waals surface area contributed by atoms with Gasteiger partial charge in [0.15, 0.2) is 11.9 Å². The topological polar surface area (TPSA) is 90.1 Å². The maximum Gasteiger partial charge on any atom is 0.328 e. The molecule has 0 aliphatic heterocycles. The molecule has 0 amide bonds. The summed E-state index contributed by atoms with van der Waals surface area (Å²) in [7, 11) is 1.55. The summed E-state index contributed by atoms with van der Waals surface area (Å²) in [5.41, 5.74) is 0.664. The maximum absolute atomic E-state index is 11.0. The first-order chi connectivity index (χ1) is 9.04. The number of benzene rings is 1. The van der Waals surface area contributed by atoms with Crippen LogP contribution >= 0.6 is 15.9 Å². The Kier molecular flexibility index (Phi) is 3.79. The van der Waals surface area contributed by atoms with Crippen molar-refractivity contribution in [3.63, 3.8) is 0 Å². The number of ether oxygens (including phenoxy) is 1. The second-order valence-electron chi connectivity index (χ2n) is 3.81. The highest BCUT2D eigenvalue weighted by Gasteiger charge is 2.21. The molecule has 0 saturated heterocycles. The number of tetrazole rings is 1. The number of hydrogen-bond acceptors (Lipinski definition) is 5. The number of rotatable bonds is 4. The third kappa shape index (κ3) is 2.58. The fourth-order valence-electron chi connectivity index (χ4n) is 1.54. The largest absolute Gasteiger partial charge is 0.497 e. The van der Waals surface area contributed by atoms with Crippen molar-refractivity contribution in [2.75, 3.05) is 7.11 Å². The van der Waals surface area contributed by atoms with Gasteiger partial charge < -0.3 is 9.84 Å². The van der Waals surface area contributed by atoms with Gasteiger partial charge in [0.2, 0.25) is 0 Å². The fraction of sp³-hybridized carbons (Fsp3) is 0.273. The normalized spacial score (nSPS) is 12.2. The van der Waals surface area contributed by atoms with E-state index in [0.717, 1.165) is 4.47 Å². The summed E-state index contributed by atoms with van der Waals surface area (Å²) >= 11 is 3.39. The molecule has 1 aromatic heterocycles. The molecule has 1 atom stereocenters. The molecule has 0 fully saturated rings. The molecule has 19 heavy (non-hydrogen) atoms. The van der Waals surface area contributed by atoms with Gasteiger partial charge in [0.25, 0.3) is 0 Å². The van der Waals surface area contributed by atoms with Crippen molar-refractivity contribution < 1.29 is 14.6 Å². The molecule has 8 heteroatoms. The number of carboxylic acids is 1. The molecule has 2 aromatic rings. The molecule has 0 aliphatic rings. The first-order valence-electron chi connectivity index (χ1n) is 5.39. The average Bonchev–Trinajstić information content (AvgIpc) is 2.87. The molecule has 2 rings (SSSR count). The van der Waals surface area contributed by atoms with Crippen molar-refractivity contribution in [2.45, 2.75) is 13.0 Å². The number of aromatic nitrogens is 4. The zero-order chi connectivity index (χ0) is 14.0. The first kappa shape index (κ1) is 13.5. The van der Waals surface area contributed by atoms with E-state index in [1.165, 1.54) is 11.6 Å². The van der Waals surface area contributed by atoms with Gasteiger partial charge in [0.1, 0.15) is 5.75 Å². The third-order valence-corrected chi connectivity index (χ3v) is 3.32. The van der Waals surface area contributed by atoms with Gasteiger partial charge in [-0.15, -0.1) is 5.10 Å². The SMILES string of the molecule is COc1ccc(Br)c(-c2nnnn2C(C)C(=O)O)c1. The molecular weight excluding hydrogens is 316 g/mol. The highest BCUT2D eigenvalue weighted by Crippen LogP contribution is 2.31. The monoisotopic (exact) mass is 326 g/mol. The standard InChI is InChI=1S/C11H11BrN4O3/c1-6(11(17)18)16-10(13-14-15-16)8-5-7(19-2)3-4-9(8)12/h3-6H,1-2H3,(H,17,18). The van der Waals surface area contributed by atoms with Crippen LogP contribution in [-0.2, 0) is 4.79 Å². The predicted molar refractivity (Wildman–Crippen MR) is 69.9 cm³/mol. The van der Waals surface area contributed by atoms with Gasteiger partial charge in [-0.2, -0.15) is 0 Å². The number of hydrogen-bond donors (Lipinski definition) is 1. The van der Waals surface area contributed by atoms with Crippen molar-refractivity contribution >= 4 is 21.9 Å². The lowest BCUT2D eigenvalue weighted by atomic mass is 10.2. The van der Waals surface area contributed by atoms with Crippen LogP contribution in [-0.4, -0.2) is 38.4 Å². The molecule has 0 saturated carbocycles. The molecule has 1 N–H and O–H groups in total. The Morgan fingerprint density at radius 2 is 2.26 bits per heavy atom. The summed E-state index contributed by atoms with van der Waals surface area (Å²) in [5, 5.41) is 20.2. The van der Waals surface area contributed by atoms with Gasteiger partial charge in [-0.3, -0.25) is 0 Å². The van der Waals surface area contributed by atoms with Crippen LogP contribution in [0.15, 0.2) is 22.7 Å². The molecule has 1 unspecified atom stereocenters. The van der Waals surface area contributed by atoms with E-state index in [-0.39, 0.29) is 0 Å². The summed E-state index contributed by atoms with van der Waals surface area (Å²) in [6.07, 6.45) is 0. The van der Waals surface area contributed by atoms with Crippen LogP contribution in [0, 0.1) is 0 Å². The first-order valence-corrected chi connectivity index (χ1v) is 6.18. The lowest BCUT2D eigenvalue weighted by Crippen LogP contribution is -2.18. The number of carbonyl (C=O) groups is 1. The summed E-state index contributed by atoms with van der Waals surface area (Å²) in [4.78, 5) is 11.0. The van der Waals surface area contributed by atoms with Crippen LogP contribution in [0.3, 0.4) is 0 Å². The summed E-state index contributed by atoms with van der Waals surface area (Å²) in [6.45, 7) is 1.51. The minimum absolute atomic E-state index is 0.362. The lowest BCUT2D eigenvalue weighted by Gasteiger charge is -2.10. The Hall–Kier alpha value is -1.96. The molecule has 1 heterocycles. The average molecular weight is 327 g/mol. The van der Waals surface area contributed by atoms with Crippen LogP contribution in [0.1, 0.15) is 13.0 Å². The second kappa shape index (κ2) is 5.35. The van der Waals surface area contributed by atoms with E-state index in [1.54, 1.807) is 25.3 Å². The Morgan fingerprint density at radius 1 is 1.53 bits per heavy atom. The predicted octanol–water partition coefficient (Wildman–Crippen LogP) is 1.76. The third-order valence-electron chi connectivity index (χ3n) is 2.63. The number of aliphatic carboxylic acids is 1. The second-order valence-corrected chi connectivity index (χ2v) is 4.66. The van der Waals surface area contributed by atoms with Gasteiger partial charge >= 0.3 is 5.97 Å². The molecule has 0 spiro atoms. The van der Waals surface area contributed by atoms with E-state index in [9.17, 15) is 4.79 Å². The number of halogens is 1. The van der Waals surface area contributed by atoms with Crippen molar-refractivity contribution in [3.8, 4) is 17.1 Å². The smallest absolute Gasteiger partial charge is 0.328 e. The van der Waals surface area contributed by atoms with Crippen LogP contribution in [0.25, 0.3) is 11.4 Å². The molecular formula is C11H11BrN4O3. The summed E-state index contributed by atoms with van der Waals surface area (Å²) in [5.74, 6) is -0.0102. The quantitative estimate of drug-likeness (QED) is 0.920. The number of nitrogens with zero attached hydrogens (tertiary/aromatic N) is 4. The van der Waals surface area contributed by atoms with Gasteiger partial charge in [-0.05, 0) is 35.5 Å². The Bertz CT molecular complexity index is 614. The van der Waals surface area contributed by atoms with Gasteiger partial charge in [0.05, 0.1) is 7.11 Å². The van der Waals surface area contributed by atoms with E-state index in [0.29, 0.717) is 17.1 Å². The van der Waals surface area contributed by atoms with E-state index in [1.807, 2.05) is 0 Å². The Labute approximate surface area is 117 Å². The zero-order valence-electron chi connectivity index (χ0n) is 10.2. The minimum Gasteiger partial charge on any atom is -0.497 e. The molecule has 100 valence electrons. The van der Waals surface area contributed by atoms with Crippen LogP contribution in [0.2, 0.25) is 0 Å². The van der Waals surface area contributed by atoms with E-state index in [4.69, 9.17) is 9.84 Å². The maximum atomic E-state index is 11.0.